The van der Waals surface area contributed by atoms with Gasteiger partial charge in [-0.1, -0.05) is 30.0 Å². The normalized spacial score (nSPS) is 12.7. The zero-order chi connectivity index (χ0) is 19.2. The second kappa shape index (κ2) is 9.51. The molecule has 1 atom stereocenters. The van der Waals surface area contributed by atoms with Crippen molar-refractivity contribution >= 4 is 49.9 Å². The van der Waals surface area contributed by atoms with Crippen LogP contribution in [0.1, 0.15) is 20.8 Å². The largest absolute Gasteiger partial charge is 0.358 e. The van der Waals surface area contributed by atoms with E-state index in [0.29, 0.717) is 10.0 Å². The number of hydrogen-bond donors (Lipinski definition) is 1. The van der Waals surface area contributed by atoms with Gasteiger partial charge in [0.15, 0.2) is 0 Å². The number of hydrogen-bond acceptors (Lipinski definition) is 5. The van der Waals surface area contributed by atoms with Gasteiger partial charge in [-0.3, -0.25) is 4.79 Å². The Bertz CT molecular complexity index is 716. The number of benzene rings is 1. The van der Waals surface area contributed by atoms with E-state index in [0.717, 1.165) is 17.4 Å². The number of sulfonamides is 1. The van der Waals surface area contributed by atoms with E-state index < -0.39 is 10.0 Å². The SMILES string of the molecule is CCN(CC)C(=S)S[C@@H](C)C(=O)Nc1cccc(S(=O)(=O)N(C)C)c1. The molecule has 0 heterocycles. The lowest BCUT2D eigenvalue weighted by Gasteiger charge is -2.23. The summed E-state index contributed by atoms with van der Waals surface area (Å²) >= 11 is 6.67. The smallest absolute Gasteiger partial charge is 0.242 e. The molecule has 9 heteroatoms. The van der Waals surface area contributed by atoms with Gasteiger partial charge < -0.3 is 10.2 Å². The first kappa shape index (κ1) is 21.9. The van der Waals surface area contributed by atoms with Crippen LogP contribution in [0.25, 0.3) is 0 Å². The molecule has 0 bridgehead atoms. The van der Waals surface area contributed by atoms with Crippen LogP contribution in [0.15, 0.2) is 29.2 Å². The van der Waals surface area contributed by atoms with E-state index in [1.54, 1.807) is 19.1 Å². The highest BCUT2D eigenvalue weighted by molar-refractivity contribution is 8.23. The van der Waals surface area contributed by atoms with Crippen molar-refractivity contribution in [3.63, 3.8) is 0 Å². The third-order valence-electron chi connectivity index (χ3n) is 3.55. The van der Waals surface area contributed by atoms with Gasteiger partial charge in [0.05, 0.1) is 10.1 Å². The van der Waals surface area contributed by atoms with E-state index in [-0.39, 0.29) is 16.1 Å². The fourth-order valence-corrected chi connectivity index (χ4v) is 4.47. The molecular weight excluding hydrogens is 378 g/mol. The summed E-state index contributed by atoms with van der Waals surface area (Å²) in [5.74, 6) is -0.223. The summed E-state index contributed by atoms with van der Waals surface area (Å²) in [6, 6.07) is 6.21. The van der Waals surface area contributed by atoms with Gasteiger partial charge in [0, 0.05) is 32.9 Å². The van der Waals surface area contributed by atoms with Crippen LogP contribution in [0.2, 0.25) is 0 Å². The second-order valence-electron chi connectivity index (χ2n) is 5.50. The number of thioether (sulfide) groups is 1. The molecule has 0 aromatic heterocycles. The standard InChI is InChI=1S/C16H25N3O3S3/c1-6-19(7-2)16(23)24-12(3)15(20)17-13-9-8-10-14(11-13)25(21,22)18(4)5/h8-12H,6-7H2,1-5H3,(H,17,20)/t12-/m0/s1. The molecule has 0 unspecified atom stereocenters. The molecule has 0 aliphatic carbocycles. The van der Waals surface area contributed by atoms with Crippen LogP contribution in [0.3, 0.4) is 0 Å². The van der Waals surface area contributed by atoms with Crippen molar-refractivity contribution in [1.29, 1.82) is 0 Å². The number of carbonyl (C=O) groups excluding carboxylic acids is 1. The molecule has 1 N–H and O–H groups in total. The Labute approximate surface area is 160 Å². The second-order valence-corrected chi connectivity index (χ2v) is 9.63. The number of thiocarbonyl (C=S) groups is 1. The van der Waals surface area contributed by atoms with Gasteiger partial charge in [0.2, 0.25) is 15.9 Å². The van der Waals surface area contributed by atoms with E-state index in [2.05, 4.69) is 5.32 Å². The van der Waals surface area contributed by atoms with Crippen LogP contribution in [-0.2, 0) is 14.8 Å². The minimum atomic E-state index is -3.54. The summed E-state index contributed by atoms with van der Waals surface area (Å²) in [4.78, 5) is 14.5. The summed E-state index contributed by atoms with van der Waals surface area (Å²) < 4.78 is 26.2. The Balaban J connectivity index is 2.82. The van der Waals surface area contributed by atoms with E-state index >= 15 is 0 Å². The summed E-state index contributed by atoms with van der Waals surface area (Å²) in [7, 11) is -0.612. The molecule has 1 aromatic carbocycles. The van der Waals surface area contributed by atoms with Gasteiger partial charge in [0.1, 0.15) is 4.32 Å². The lowest BCUT2D eigenvalue weighted by molar-refractivity contribution is -0.115. The Kier molecular flexibility index (Phi) is 8.33. The maximum absolute atomic E-state index is 12.4. The molecule has 1 aromatic rings. The predicted molar refractivity (Wildman–Crippen MR) is 109 cm³/mol. The van der Waals surface area contributed by atoms with Crippen molar-refractivity contribution in [1.82, 2.24) is 9.21 Å². The maximum atomic E-state index is 12.4. The number of nitrogens with one attached hydrogen (secondary N) is 1. The third kappa shape index (κ3) is 5.95. The Morgan fingerprint density at radius 3 is 2.40 bits per heavy atom. The minimum Gasteiger partial charge on any atom is -0.358 e. The van der Waals surface area contributed by atoms with E-state index in [4.69, 9.17) is 12.2 Å². The highest BCUT2D eigenvalue weighted by atomic mass is 32.2. The average Bonchev–Trinajstić information content (AvgIpc) is 2.55. The summed E-state index contributed by atoms with van der Waals surface area (Å²) in [5.41, 5.74) is 0.439. The van der Waals surface area contributed by atoms with Crippen molar-refractivity contribution < 1.29 is 13.2 Å². The Morgan fingerprint density at radius 1 is 1.28 bits per heavy atom. The highest BCUT2D eigenvalue weighted by Gasteiger charge is 2.20. The first-order valence-electron chi connectivity index (χ1n) is 7.92. The molecule has 140 valence electrons. The van der Waals surface area contributed by atoms with E-state index in [9.17, 15) is 13.2 Å². The van der Waals surface area contributed by atoms with Crippen LogP contribution in [0.5, 0.6) is 0 Å². The van der Waals surface area contributed by atoms with Crippen molar-refractivity contribution in [2.24, 2.45) is 0 Å². The average molecular weight is 404 g/mol. The first-order valence-corrected chi connectivity index (χ1v) is 10.6. The van der Waals surface area contributed by atoms with Gasteiger partial charge >= 0.3 is 0 Å². The van der Waals surface area contributed by atoms with E-state index in [1.165, 1.54) is 38.0 Å². The number of anilines is 1. The van der Waals surface area contributed by atoms with Gasteiger partial charge in [-0.25, -0.2) is 12.7 Å². The molecule has 0 aliphatic heterocycles. The highest BCUT2D eigenvalue weighted by Crippen LogP contribution is 2.21. The monoisotopic (exact) mass is 403 g/mol. The minimum absolute atomic E-state index is 0.134. The molecule has 0 radical (unpaired) electrons. The number of rotatable bonds is 7. The van der Waals surface area contributed by atoms with Gasteiger partial charge in [0.25, 0.3) is 0 Å². The lowest BCUT2D eigenvalue weighted by atomic mass is 10.3. The van der Waals surface area contributed by atoms with Crippen molar-refractivity contribution in [2.45, 2.75) is 30.9 Å². The fraction of sp³-hybridized carbons (Fsp3) is 0.500. The van der Waals surface area contributed by atoms with E-state index in [1.807, 2.05) is 18.7 Å². The number of nitrogens with zero attached hydrogens (tertiary/aromatic N) is 2. The molecule has 1 rings (SSSR count). The fourth-order valence-electron chi connectivity index (χ4n) is 1.95. The topological polar surface area (TPSA) is 69.7 Å². The Hall–Kier alpha value is -1.16. The maximum Gasteiger partial charge on any atom is 0.242 e. The molecule has 0 saturated carbocycles. The van der Waals surface area contributed by atoms with Crippen molar-refractivity contribution in [3.05, 3.63) is 24.3 Å². The summed E-state index contributed by atoms with van der Waals surface area (Å²) in [5, 5.41) is 2.37. The van der Waals surface area contributed by atoms with Crippen molar-refractivity contribution in [3.8, 4) is 0 Å². The quantitative estimate of drug-likeness (QED) is 0.706. The van der Waals surface area contributed by atoms with Crippen molar-refractivity contribution in [2.75, 3.05) is 32.5 Å². The molecule has 1 amide bonds. The molecule has 6 nitrogen and oxygen atoms in total. The van der Waals surface area contributed by atoms with Gasteiger partial charge in [-0.05, 0) is 39.0 Å². The molecule has 0 spiro atoms. The van der Waals surface area contributed by atoms with Crippen LogP contribution >= 0.6 is 24.0 Å². The van der Waals surface area contributed by atoms with Crippen LogP contribution in [-0.4, -0.2) is 60.3 Å². The van der Waals surface area contributed by atoms with Crippen LogP contribution in [0, 0.1) is 0 Å². The number of amides is 1. The lowest BCUT2D eigenvalue weighted by Crippen LogP contribution is -2.31. The molecular formula is C16H25N3O3S3. The van der Waals surface area contributed by atoms with Gasteiger partial charge in [-0.15, -0.1) is 0 Å². The van der Waals surface area contributed by atoms with Gasteiger partial charge in [-0.2, -0.15) is 0 Å². The third-order valence-corrected chi connectivity index (χ3v) is 6.93. The molecule has 25 heavy (non-hydrogen) atoms. The summed E-state index contributed by atoms with van der Waals surface area (Å²) in [6.45, 7) is 7.38. The zero-order valence-corrected chi connectivity index (χ0v) is 17.6. The Morgan fingerprint density at radius 2 is 1.88 bits per heavy atom. The first-order chi connectivity index (χ1) is 11.6. The molecule has 0 fully saturated rings. The summed E-state index contributed by atoms with van der Waals surface area (Å²) in [6.07, 6.45) is 0. The van der Waals surface area contributed by atoms with Crippen LogP contribution < -0.4 is 5.32 Å². The number of carbonyl (C=O) groups is 1. The molecule has 0 aliphatic rings. The zero-order valence-electron chi connectivity index (χ0n) is 15.1. The molecule has 0 saturated heterocycles. The van der Waals surface area contributed by atoms with Crippen LogP contribution in [0.4, 0.5) is 5.69 Å². The predicted octanol–water partition coefficient (Wildman–Crippen LogP) is 2.62.